The van der Waals surface area contributed by atoms with Gasteiger partial charge in [-0.05, 0) is 6.42 Å². The van der Waals surface area contributed by atoms with Crippen LogP contribution >= 0.6 is 8.60 Å². The first-order valence-electron chi connectivity index (χ1n) is 9.01. The summed E-state index contributed by atoms with van der Waals surface area (Å²) in [6.45, 7) is 4.29. The van der Waals surface area contributed by atoms with Gasteiger partial charge in [0, 0.05) is 0 Å². The highest BCUT2D eigenvalue weighted by molar-refractivity contribution is 7.40. The molecule has 134 valence electrons. The fourth-order valence-corrected chi connectivity index (χ4v) is 2.76. The van der Waals surface area contributed by atoms with Crippen LogP contribution in [0.4, 0.5) is 0 Å². The van der Waals surface area contributed by atoms with E-state index in [-0.39, 0.29) is 0 Å². The van der Waals surface area contributed by atoms with Crippen LogP contribution in [0.1, 0.15) is 71.1 Å². The molecule has 1 unspecified atom stereocenters. The van der Waals surface area contributed by atoms with Crippen molar-refractivity contribution in [1.29, 1.82) is 0 Å². The predicted molar refractivity (Wildman–Crippen MR) is 95.8 cm³/mol. The molecule has 0 amide bonds. The topological polar surface area (TPSA) is 38.7 Å². The van der Waals surface area contributed by atoms with Gasteiger partial charge in [-0.3, -0.25) is 0 Å². The molecule has 0 bridgehead atoms. The van der Waals surface area contributed by atoms with Gasteiger partial charge >= 0.3 is 8.60 Å². The van der Waals surface area contributed by atoms with Gasteiger partial charge in [0.2, 0.25) is 0 Å². The summed E-state index contributed by atoms with van der Waals surface area (Å²) in [5.41, 5.74) is 0. The molecule has 4 nitrogen and oxygen atoms in total. The summed E-state index contributed by atoms with van der Waals surface area (Å²) in [5, 5.41) is 0. The number of rotatable bonds is 16. The lowest BCUT2D eigenvalue weighted by atomic mass is 10.1. The van der Waals surface area contributed by atoms with Gasteiger partial charge in [0.1, 0.15) is 13.2 Å². The number of unbranched alkanes of at least 4 members (excludes halogenated alkanes) is 9. The van der Waals surface area contributed by atoms with Crippen molar-refractivity contribution in [1.82, 2.24) is 0 Å². The molecule has 1 atom stereocenters. The molecule has 0 spiro atoms. The highest BCUT2D eigenvalue weighted by atomic mass is 31.2. The molecule has 0 saturated carbocycles. The van der Waals surface area contributed by atoms with Gasteiger partial charge in [0.25, 0.3) is 0 Å². The van der Waals surface area contributed by atoms with E-state index in [1.54, 1.807) is 0 Å². The fourth-order valence-electron chi connectivity index (χ4n) is 2.16. The van der Waals surface area contributed by atoms with E-state index < -0.39 is 8.60 Å². The van der Waals surface area contributed by atoms with Gasteiger partial charge in [0.05, 0.1) is 27.7 Å². The van der Waals surface area contributed by atoms with Crippen molar-refractivity contribution in [2.75, 3.05) is 40.9 Å². The number of quaternary nitrogens is 1. The van der Waals surface area contributed by atoms with Crippen LogP contribution in [0.3, 0.4) is 0 Å². The number of hydrogen-bond donors (Lipinski definition) is 1. The van der Waals surface area contributed by atoms with Crippen LogP contribution in [-0.2, 0) is 9.05 Å². The first kappa shape index (κ1) is 22.3. The Morgan fingerprint density at radius 3 is 1.68 bits per heavy atom. The summed E-state index contributed by atoms with van der Waals surface area (Å²) >= 11 is 0. The summed E-state index contributed by atoms with van der Waals surface area (Å²) in [7, 11) is 4.63. The second kappa shape index (κ2) is 14.8. The molecule has 0 fully saturated rings. The van der Waals surface area contributed by atoms with E-state index in [9.17, 15) is 4.89 Å². The molecule has 0 aliphatic carbocycles. The molecule has 22 heavy (non-hydrogen) atoms. The van der Waals surface area contributed by atoms with E-state index in [1.807, 2.05) is 0 Å². The SMILES string of the molecule is CCCCCCCCCCCCOP(O)OCC[N+](C)(C)C. The quantitative estimate of drug-likeness (QED) is 0.248. The minimum Gasteiger partial charge on any atom is -0.329 e. The van der Waals surface area contributed by atoms with Crippen LogP contribution in [0, 0.1) is 0 Å². The highest BCUT2D eigenvalue weighted by Crippen LogP contribution is 2.32. The third-order valence-corrected chi connectivity index (χ3v) is 4.47. The molecule has 0 aromatic carbocycles. The largest absolute Gasteiger partial charge is 0.330 e. The lowest BCUT2D eigenvalue weighted by molar-refractivity contribution is -0.870. The van der Waals surface area contributed by atoms with Crippen LogP contribution in [0.5, 0.6) is 0 Å². The van der Waals surface area contributed by atoms with Crippen LogP contribution in [0.25, 0.3) is 0 Å². The van der Waals surface area contributed by atoms with E-state index >= 15 is 0 Å². The Morgan fingerprint density at radius 1 is 0.727 bits per heavy atom. The maximum atomic E-state index is 9.60. The van der Waals surface area contributed by atoms with Crippen LogP contribution < -0.4 is 0 Å². The Morgan fingerprint density at radius 2 is 1.18 bits per heavy atom. The van der Waals surface area contributed by atoms with Gasteiger partial charge in [-0.25, -0.2) is 0 Å². The van der Waals surface area contributed by atoms with Crippen molar-refractivity contribution < 1.29 is 18.4 Å². The molecule has 0 radical (unpaired) electrons. The first-order chi connectivity index (χ1) is 10.5. The van der Waals surface area contributed by atoms with E-state index in [1.165, 1.54) is 57.8 Å². The van der Waals surface area contributed by atoms with Crippen molar-refractivity contribution >= 4 is 8.60 Å². The zero-order valence-corrected chi connectivity index (χ0v) is 16.2. The van der Waals surface area contributed by atoms with Gasteiger partial charge < -0.3 is 18.4 Å². The molecule has 0 saturated heterocycles. The zero-order chi connectivity index (χ0) is 16.7. The molecule has 0 heterocycles. The van der Waals surface area contributed by atoms with Crippen LogP contribution in [0.15, 0.2) is 0 Å². The summed E-state index contributed by atoms with van der Waals surface area (Å²) < 4.78 is 11.4. The Labute approximate surface area is 139 Å². The first-order valence-corrected chi connectivity index (χ1v) is 10.1. The minimum atomic E-state index is -1.68. The molecular weight excluding hydrogens is 297 g/mol. The van der Waals surface area contributed by atoms with Gasteiger partial charge in [-0.15, -0.1) is 0 Å². The summed E-state index contributed by atoms with van der Waals surface area (Å²) in [4.78, 5) is 9.60. The minimum absolute atomic E-state index is 0.545. The molecule has 5 heteroatoms. The average molecular weight is 336 g/mol. The van der Waals surface area contributed by atoms with Crippen LogP contribution in [0.2, 0.25) is 0 Å². The lowest BCUT2D eigenvalue weighted by Gasteiger charge is -2.23. The van der Waals surface area contributed by atoms with Gasteiger partial charge in [0.15, 0.2) is 0 Å². The van der Waals surface area contributed by atoms with Gasteiger partial charge in [-0.2, -0.15) is 0 Å². The Bertz CT molecular complexity index is 234. The Hall–Kier alpha value is 0.270. The zero-order valence-electron chi connectivity index (χ0n) is 15.4. The van der Waals surface area contributed by atoms with E-state index in [0.29, 0.717) is 13.2 Å². The Kier molecular flexibility index (Phi) is 15.0. The highest BCUT2D eigenvalue weighted by Gasteiger charge is 2.11. The third-order valence-electron chi connectivity index (χ3n) is 3.66. The van der Waals surface area contributed by atoms with Crippen molar-refractivity contribution in [2.45, 2.75) is 71.1 Å². The summed E-state index contributed by atoms with van der Waals surface area (Å²) in [6, 6.07) is 0. The second-order valence-electron chi connectivity index (χ2n) is 7.10. The molecule has 0 aliphatic heterocycles. The predicted octanol–water partition coefficient (Wildman–Crippen LogP) is 4.87. The summed E-state index contributed by atoms with van der Waals surface area (Å²) in [5.74, 6) is 0. The smallest absolute Gasteiger partial charge is 0.329 e. The van der Waals surface area contributed by atoms with Crippen molar-refractivity contribution in [2.24, 2.45) is 0 Å². The molecular formula is C17H39NO3P+. The second-order valence-corrected chi connectivity index (χ2v) is 8.09. The van der Waals surface area contributed by atoms with E-state index in [2.05, 4.69) is 28.1 Å². The van der Waals surface area contributed by atoms with E-state index in [4.69, 9.17) is 9.05 Å². The maximum Gasteiger partial charge on any atom is 0.330 e. The molecule has 0 aromatic heterocycles. The fraction of sp³-hybridized carbons (Fsp3) is 1.00. The van der Waals surface area contributed by atoms with Crippen LogP contribution in [-0.4, -0.2) is 50.3 Å². The average Bonchev–Trinajstić information content (AvgIpc) is 2.43. The van der Waals surface area contributed by atoms with Crippen molar-refractivity contribution in [3.8, 4) is 0 Å². The van der Waals surface area contributed by atoms with Crippen molar-refractivity contribution in [3.05, 3.63) is 0 Å². The number of likely N-dealkylation sites (N-methyl/N-ethyl adjacent to an activating group) is 1. The van der Waals surface area contributed by atoms with E-state index in [0.717, 1.165) is 17.4 Å². The molecule has 0 aromatic rings. The number of hydrogen-bond acceptors (Lipinski definition) is 3. The third kappa shape index (κ3) is 18.3. The Balaban J connectivity index is 3.18. The number of nitrogens with zero attached hydrogens (tertiary/aromatic N) is 1. The molecule has 0 aliphatic rings. The normalized spacial score (nSPS) is 13.5. The molecule has 1 N–H and O–H groups in total. The standard InChI is InChI=1S/C17H39NO3P/c1-5-6-7-8-9-10-11-12-13-14-16-20-22(19)21-17-15-18(2,3)4/h19H,5-17H2,1-4H3/q+1. The lowest BCUT2D eigenvalue weighted by Crippen LogP contribution is -2.37. The summed E-state index contributed by atoms with van der Waals surface area (Å²) in [6.07, 6.45) is 13.1. The molecule has 0 rings (SSSR count). The monoisotopic (exact) mass is 336 g/mol. The van der Waals surface area contributed by atoms with Gasteiger partial charge in [-0.1, -0.05) is 64.7 Å². The van der Waals surface area contributed by atoms with Crippen molar-refractivity contribution in [3.63, 3.8) is 0 Å². The maximum absolute atomic E-state index is 9.60.